The molecule has 1 aliphatic rings. The van der Waals surface area contributed by atoms with E-state index in [0.717, 1.165) is 6.20 Å². The summed E-state index contributed by atoms with van der Waals surface area (Å²) in [5, 5.41) is 11.0. The lowest BCUT2D eigenvalue weighted by molar-refractivity contribution is -0.222. The molecule has 7 heteroatoms. The van der Waals surface area contributed by atoms with Crippen LogP contribution in [-0.4, -0.2) is 34.8 Å². The van der Waals surface area contributed by atoms with Crippen LogP contribution in [0.15, 0.2) is 11.8 Å². The average Bonchev–Trinajstić information content (AvgIpc) is 2.13. The second kappa shape index (κ2) is 4.44. The topological polar surface area (TPSA) is 102 Å². The van der Waals surface area contributed by atoms with Gasteiger partial charge in [-0.1, -0.05) is 0 Å². The van der Waals surface area contributed by atoms with Gasteiger partial charge >= 0.3 is 17.9 Å². The van der Waals surface area contributed by atoms with Crippen LogP contribution in [0.3, 0.4) is 0 Å². The largest absolute Gasteiger partial charge is 0.480 e. The van der Waals surface area contributed by atoms with Crippen LogP contribution < -0.4 is 5.32 Å². The molecule has 0 aromatic rings. The summed E-state index contributed by atoms with van der Waals surface area (Å²) in [6, 6.07) is -0.932. The summed E-state index contributed by atoms with van der Waals surface area (Å²) in [6.45, 7) is 4.21. The minimum atomic E-state index is -1.30. The maximum Gasteiger partial charge on any atom is 0.350 e. The van der Waals surface area contributed by atoms with Gasteiger partial charge < -0.3 is 19.9 Å². The molecule has 0 amide bonds. The van der Waals surface area contributed by atoms with Crippen LogP contribution in [-0.2, 0) is 23.9 Å². The SMILES string of the molecule is CC(NC=C1C(=O)OC(C)(C)OC1=O)C(=O)O. The molecule has 1 rings (SSSR count). The highest BCUT2D eigenvalue weighted by Crippen LogP contribution is 2.21. The lowest BCUT2D eigenvalue weighted by Crippen LogP contribution is -2.42. The highest BCUT2D eigenvalue weighted by atomic mass is 16.7. The van der Waals surface area contributed by atoms with Crippen LogP contribution >= 0.6 is 0 Å². The number of hydrogen-bond donors (Lipinski definition) is 2. The fraction of sp³-hybridized carbons (Fsp3) is 0.500. The number of ether oxygens (including phenoxy) is 2. The molecular formula is C10H13NO6. The van der Waals surface area contributed by atoms with E-state index in [1.165, 1.54) is 20.8 Å². The number of aliphatic carboxylic acids is 1. The van der Waals surface area contributed by atoms with E-state index in [4.69, 9.17) is 14.6 Å². The minimum Gasteiger partial charge on any atom is -0.480 e. The van der Waals surface area contributed by atoms with Crippen molar-refractivity contribution in [2.75, 3.05) is 0 Å². The Labute approximate surface area is 97.4 Å². The number of carboxylic acid groups (broad SMARTS) is 1. The van der Waals surface area contributed by atoms with Gasteiger partial charge in [-0.3, -0.25) is 4.79 Å². The molecule has 1 heterocycles. The van der Waals surface area contributed by atoms with Gasteiger partial charge in [0.05, 0.1) is 0 Å². The number of carbonyl (C=O) groups excluding carboxylic acids is 2. The monoisotopic (exact) mass is 243 g/mol. The van der Waals surface area contributed by atoms with Gasteiger partial charge in [0.15, 0.2) is 5.57 Å². The van der Waals surface area contributed by atoms with Crippen molar-refractivity contribution in [3.8, 4) is 0 Å². The van der Waals surface area contributed by atoms with Gasteiger partial charge in [-0.25, -0.2) is 9.59 Å². The van der Waals surface area contributed by atoms with Crippen LogP contribution in [0.25, 0.3) is 0 Å². The lowest BCUT2D eigenvalue weighted by Gasteiger charge is -2.29. The molecular weight excluding hydrogens is 230 g/mol. The molecule has 0 bridgehead atoms. The molecule has 1 fully saturated rings. The normalized spacial score (nSPS) is 20.1. The first-order valence-electron chi connectivity index (χ1n) is 4.88. The molecule has 0 saturated carbocycles. The molecule has 0 aromatic heterocycles. The van der Waals surface area contributed by atoms with Crippen molar-refractivity contribution in [1.82, 2.24) is 5.32 Å². The summed E-state index contributed by atoms with van der Waals surface area (Å²) >= 11 is 0. The van der Waals surface area contributed by atoms with Gasteiger partial charge in [-0.05, 0) is 6.92 Å². The molecule has 0 spiro atoms. The third-order valence-electron chi connectivity index (χ3n) is 1.96. The fourth-order valence-corrected chi connectivity index (χ4v) is 1.06. The van der Waals surface area contributed by atoms with E-state index in [2.05, 4.69) is 5.32 Å². The molecule has 7 nitrogen and oxygen atoms in total. The third kappa shape index (κ3) is 3.20. The zero-order valence-electron chi connectivity index (χ0n) is 9.64. The van der Waals surface area contributed by atoms with E-state index < -0.39 is 29.7 Å². The molecule has 1 unspecified atom stereocenters. The van der Waals surface area contributed by atoms with Crippen molar-refractivity contribution >= 4 is 17.9 Å². The van der Waals surface area contributed by atoms with E-state index in [-0.39, 0.29) is 5.57 Å². The first-order chi connectivity index (χ1) is 7.73. The third-order valence-corrected chi connectivity index (χ3v) is 1.96. The zero-order chi connectivity index (χ0) is 13.2. The Morgan fingerprint density at radius 1 is 1.35 bits per heavy atom. The second-order valence-corrected chi connectivity index (χ2v) is 3.96. The number of esters is 2. The zero-order valence-corrected chi connectivity index (χ0v) is 9.64. The minimum absolute atomic E-state index is 0.363. The Balaban J connectivity index is 2.78. The van der Waals surface area contributed by atoms with Crippen molar-refractivity contribution in [3.63, 3.8) is 0 Å². The number of rotatable bonds is 3. The number of cyclic esters (lactones) is 2. The standard InChI is InChI=1S/C10H13NO6/c1-5(7(12)13)11-4-6-8(14)16-10(2,3)17-9(6)15/h4-5,11H,1-3H3,(H,12,13). The summed E-state index contributed by atoms with van der Waals surface area (Å²) in [5.41, 5.74) is -0.363. The Morgan fingerprint density at radius 2 is 1.82 bits per heavy atom. The highest BCUT2D eigenvalue weighted by Gasteiger charge is 2.39. The van der Waals surface area contributed by atoms with Gasteiger partial charge in [0.2, 0.25) is 0 Å². The lowest BCUT2D eigenvalue weighted by atomic mass is 10.2. The predicted octanol–water partition coefficient (Wildman–Crippen LogP) is -0.231. The predicted molar refractivity (Wildman–Crippen MR) is 54.6 cm³/mol. The van der Waals surface area contributed by atoms with Crippen molar-refractivity contribution in [2.24, 2.45) is 0 Å². The molecule has 1 atom stereocenters. The van der Waals surface area contributed by atoms with Gasteiger partial charge in [0.1, 0.15) is 6.04 Å². The van der Waals surface area contributed by atoms with E-state index in [1.807, 2.05) is 0 Å². The van der Waals surface area contributed by atoms with Crippen LogP contribution in [0.2, 0.25) is 0 Å². The van der Waals surface area contributed by atoms with Gasteiger partial charge in [0, 0.05) is 20.0 Å². The first-order valence-corrected chi connectivity index (χ1v) is 4.88. The Bertz CT molecular complexity index is 376. The van der Waals surface area contributed by atoms with E-state index in [0.29, 0.717) is 0 Å². The first kappa shape index (κ1) is 13.0. The molecule has 17 heavy (non-hydrogen) atoms. The van der Waals surface area contributed by atoms with Gasteiger partial charge in [0.25, 0.3) is 5.79 Å². The van der Waals surface area contributed by atoms with E-state index in [9.17, 15) is 14.4 Å². The Morgan fingerprint density at radius 3 is 2.24 bits per heavy atom. The quantitative estimate of drug-likeness (QED) is 0.401. The number of carbonyl (C=O) groups is 3. The molecule has 0 aliphatic carbocycles. The number of carboxylic acids is 1. The van der Waals surface area contributed by atoms with E-state index in [1.54, 1.807) is 0 Å². The van der Waals surface area contributed by atoms with Gasteiger partial charge in [-0.15, -0.1) is 0 Å². The summed E-state index contributed by atoms with van der Waals surface area (Å²) in [5.74, 6) is -4.11. The van der Waals surface area contributed by atoms with E-state index >= 15 is 0 Å². The smallest absolute Gasteiger partial charge is 0.350 e. The fourth-order valence-electron chi connectivity index (χ4n) is 1.06. The van der Waals surface area contributed by atoms with Crippen LogP contribution in [0, 0.1) is 0 Å². The van der Waals surface area contributed by atoms with Crippen molar-refractivity contribution in [3.05, 3.63) is 11.8 Å². The van der Waals surface area contributed by atoms with Crippen LogP contribution in [0.5, 0.6) is 0 Å². The Kier molecular flexibility index (Phi) is 3.40. The molecule has 1 saturated heterocycles. The maximum absolute atomic E-state index is 11.4. The summed E-state index contributed by atoms with van der Waals surface area (Å²) in [7, 11) is 0. The van der Waals surface area contributed by atoms with Crippen LogP contribution in [0.1, 0.15) is 20.8 Å². The van der Waals surface area contributed by atoms with Crippen molar-refractivity contribution in [1.29, 1.82) is 0 Å². The maximum atomic E-state index is 11.4. The second-order valence-electron chi connectivity index (χ2n) is 3.96. The highest BCUT2D eigenvalue weighted by molar-refractivity contribution is 6.15. The molecule has 94 valence electrons. The van der Waals surface area contributed by atoms with Crippen molar-refractivity contribution < 1.29 is 29.0 Å². The molecule has 1 aliphatic heterocycles. The summed E-state index contributed by atoms with van der Waals surface area (Å²) in [4.78, 5) is 33.4. The molecule has 2 N–H and O–H groups in total. The van der Waals surface area contributed by atoms with Crippen molar-refractivity contribution in [2.45, 2.75) is 32.6 Å². The summed E-state index contributed by atoms with van der Waals surface area (Å²) in [6.07, 6.45) is 0.985. The Hall–Kier alpha value is -2.05. The molecule has 0 aromatic carbocycles. The average molecular weight is 243 g/mol. The van der Waals surface area contributed by atoms with Gasteiger partial charge in [-0.2, -0.15) is 0 Å². The summed E-state index contributed by atoms with van der Waals surface area (Å²) < 4.78 is 9.62. The van der Waals surface area contributed by atoms with Crippen LogP contribution in [0.4, 0.5) is 0 Å². The number of hydrogen-bond acceptors (Lipinski definition) is 6. The number of nitrogens with one attached hydrogen (secondary N) is 1. The molecule has 0 radical (unpaired) electrons.